The summed E-state index contributed by atoms with van der Waals surface area (Å²) in [6.07, 6.45) is 1.80. The van der Waals surface area contributed by atoms with Gasteiger partial charge in [0.25, 0.3) is 0 Å². The third-order valence-electron chi connectivity index (χ3n) is 1.51. The first-order chi connectivity index (χ1) is 5.74. The van der Waals surface area contributed by atoms with Gasteiger partial charge in [0.15, 0.2) is 4.90 Å². The van der Waals surface area contributed by atoms with Crippen molar-refractivity contribution in [2.45, 2.75) is 18.7 Å². The number of allylic oxidation sites excluding steroid dienone is 1. The van der Waals surface area contributed by atoms with Crippen LogP contribution in [0.4, 0.5) is 0 Å². The molecule has 0 spiro atoms. The maximum atomic E-state index is 11.4. The van der Waals surface area contributed by atoms with Crippen LogP contribution in [0.1, 0.15) is 12.5 Å². The van der Waals surface area contributed by atoms with E-state index in [2.05, 4.69) is 0 Å². The molecule has 0 fully saturated rings. The van der Waals surface area contributed by atoms with Crippen molar-refractivity contribution in [2.24, 2.45) is 0 Å². The van der Waals surface area contributed by atoms with Crippen LogP contribution in [0.25, 0.3) is 0 Å². The molecule has 0 bridgehead atoms. The van der Waals surface area contributed by atoms with Crippen molar-refractivity contribution in [3.63, 3.8) is 0 Å². The number of hydrogen-bond acceptors (Lipinski definition) is 1. The standard InChI is InChI=1S/C10H12OS/c1-3-8-12(11)10-6-4-9(2)5-7-10/h3-8H,1-2H3. The molecule has 1 nitrogen and oxygen atoms in total. The van der Waals surface area contributed by atoms with Crippen LogP contribution in [-0.2, 0) is 11.2 Å². The number of benzene rings is 1. The van der Waals surface area contributed by atoms with Crippen molar-refractivity contribution >= 4 is 11.2 Å². The van der Waals surface area contributed by atoms with Gasteiger partial charge in [-0.1, -0.05) is 17.7 Å². The smallest absolute Gasteiger partial charge is 0.157 e. The first-order valence-corrected chi connectivity index (χ1v) is 5.05. The second kappa shape index (κ2) is 4.33. The first-order valence-electron chi connectivity index (χ1n) is 3.84. The summed E-state index contributed by atoms with van der Waals surface area (Å²) < 4.78 is 11.4. The van der Waals surface area contributed by atoms with Crippen molar-refractivity contribution in [3.05, 3.63) is 41.3 Å². The van der Waals surface area contributed by atoms with E-state index in [4.69, 9.17) is 0 Å². The van der Waals surface area contributed by atoms with E-state index in [1.165, 1.54) is 5.56 Å². The lowest BCUT2D eigenvalue weighted by Crippen LogP contribution is -1.95. The molecule has 0 amide bonds. The first kappa shape index (κ1) is 9.36. The average Bonchev–Trinajstić information content (AvgIpc) is 2.06. The summed E-state index contributed by atoms with van der Waals surface area (Å²) in [7, 11) is 0. The highest BCUT2D eigenvalue weighted by Crippen LogP contribution is 2.12. The molecule has 1 rings (SSSR count). The van der Waals surface area contributed by atoms with Crippen LogP contribution in [0.2, 0.25) is 0 Å². The Labute approximate surface area is 76.3 Å². The van der Waals surface area contributed by atoms with Crippen molar-refractivity contribution < 1.29 is 4.55 Å². The lowest BCUT2D eigenvalue weighted by molar-refractivity contribution is 0.603. The van der Waals surface area contributed by atoms with Gasteiger partial charge in [-0.25, -0.2) is 0 Å². The van der Waals surface area contributed by atoms with Gasteiger partial charge in [-0.05, 0) is 32.1 Å². The summed E-state index contributed by atoms with van der Waals surface area (Å²) in [5.41, 5.74) is 1.19. The van der Waals surface area contributed by atoms with Crippen LogP contribution in [-0.4, -0.2) is 4.55 Å². The summed E-state index contributed by atoms with van der Waals surface area (Å²) in [5.74, 6) is 0. The van der Waals surface area contributed by atoms with Crippen molar-refractivity contribution in [1.29, 1.82) is 0 Å². The van der Waals surface area contributed by atoms with Crippen LogP contribution >= 0.6 is 0 Å². The maximum absolute atomic E-state index is 11.4. The molecule has 0 aliphatic rings. The molecule has 0 aliphatic carbocycles. The summed E-state index contributed by atoms with van der Waals surface area (Å²) in [6.45, 7) is 3.88. The maximum Gasteiger partial charge on any atom is 0.157 e. The summed E-state index contributed by atoms with van der Waals surface area (Å²) in [6, 6.07) is 7.73. The third-order valence-corrected chi connectivity index (χ3v) is 2.77. The summed E-state index contributed by atoms with van der Waals surface area (Å²) >= 11 is -0.972. The lowest BCUT2D eigenvalue weighted by atomic mass is 10.2. The molecule has 1 unspecified atom stereocenters. The predicted molar refractivity (Wildman–Crippen MR) is 52.4 cm³/mol. The van der Waals surface area contributed by atoms with Crippen LogP contribution in [0.15, 0.2) is 40.6 Å². The second-order valence-corrected chi connectivity index (χ2v) is 3.92. The molecule has 2 heteroatoms. The molecular formula is C10H12OS. The molecule has 1 aromatic carbocycles. The number of aryl methyl sites for hydroxylation is 1. The Morgan fingerprint density at radius 3 is 2.33 bits per heavy atom. The third kappa shape index (κ3) is 2.40. The zero-order chi connectivity index (χ0) is 8.97. The molecule has 0 saturated carbocycles. The van der Waals surface area contributed by atoms with E-state index in [1.54, 1.807) is 11.5 Å². The molecule has 0 saturated heterocycles. The van der Waals surface area contributed by atoms with Gasteiger partial charge in [-0.2, -0.15) is 0 Å². The van der Waals surface area contributed by atoms with Gasteiger partial charge in [0.05, 0.1) is 0 Å². The Morgan fingerprint density at radius 2 is 1.83 bits per heavy atom. The fourth-order valence-electron chi connectivity index (χ4n) is 0.875. The van der Waals surface area contributed by atoms with Crippen LogP contribution in [0.3, 0.4) is 0 Å². The monoisotopic (exact) mass is 180 g/mol. The quantitative estimate of drug-likeness (QED) is 0.642. The zero-order valence-electron chi connectivity index (χ0n) is 7.28. The van der Waals surface area contributed by atoms with Gasteiger partial charge in [-0.15, -0.1) is 0 Å². The van der Waals surface area contributed by atoms with E-state index < -0.39 is 11.2 Å². The van der Waals surface area contributed by atoms with Crippen LogP contribution in [0, 0.1) is 6.92 Å². The Morgan fingerprint density at radius 1 is 1.25 bits per heavy atom. The molecule has 64 valence electrons. The summed E-state index contributed by atoms with van der Waals surface area (Å²) in [5, 5.41) is 1.69. The van der Waals surface area contributed by atoms with E-state index in [1.807, 2.05) is 38.1 Å². The molecule has 1 atom stereocenters. The SMILES string of the molecule is CC=C[S+]([O-])c1ccc(C)cc1. The van der Waals surface area contributed by atoms with E-state index >= 15 is 0 Å². The molecule has 0 radical (unpaired) electrons. The highest BCUT2D eigenvalue weighted by atomic mass is 32.2. The predicted octanol–water partition coefficient (Wildman–Crippen LogP) is 2.64. The minimum Gasteiger partial charge on any atom is -0.607 e. The minimum absolute atomic E-state index is 0.860. The Hall–Kier alpha value is -0.730. The van der Waals surface area contributed by atoms with E-state index in [9.17, 15) is 4.55 Å². The van der Waals surface area contributed by atoms with Gasteiger partial charge in [0.1, 0.15) is 5.41 Å². The topological polar surface area (TPSA) is 23.1 Å². The average molecular weight is 180 g/mol. The van der Waals surface area contributed by atoms with Crippen LogP contribution in [0.5, 0.6) is 0 Å². The normalized spacial score (nSPS) is 13.6. The van der Waals surface area contributed by atoms with Crippen molar-refractivity contribution in [2.75, 3.05) is 0 Å². The molecular weight excluding hydrogens is 168 g/mol. The number of rotatable bonds is 2. The summed E-state index contributed by atoms with van der Waals surface area (Å²) in [4.78, 5) is 0.860. The van der Waals surface area contributed by atoms with Crippen LogP contribution < -0.4 is 0 Å². The van der Waals surface area contributed by atoms with Gasteiger partial charge in [0, 0.05) is 11.2 Å². The van der Waals surface area contributed by atoms with Gasteiger partial charge in [-0.3, -0.25) is 0 Å². The minimum atomic E-state index is -0.972. The van der Waals surface area contributed by atoms with Gasteiger partial charge < -0.3 is 4.55 Å². The van der Waals surface area contributed by atoms with E-state index in [0.717, 1.165) is 4.90 Å². The molecule has 0 N–H and O–H groups in total. The van der Waals surface area contributed by atoms with Gasteiger partial charge in [0.2, 0.25) is 0 Å². The second-order valence-electron chi connectivity index (χ2n) is 2.58. The Bertz CT molecular complexity index is 264. The lowest BCUT2D eigenvalue weighted by Gasteiger charge is -2.03. The largest absolute Gasteiger partial charge is 0.607 e. The zero-order valence-corrected chi connectivity index (χ0v) is 8.10. The van der Waals surface area contributed by atoms with E-state index in [-0.39, 0.29) is 0 Å². The fraction of sp³-hybridized carbons (Fsp3) is 0.200. The highest BCUT2D eigenvalue weighted by Gasteiger charge is 2.04. The molecule has 0 aliphatic heterocycles. The molecule has 0 aromatic heterocycles. The highest BCUT2D eigenvalue weighted by molar-refractivity contribution is 7.94. The van der Waals surface area contributed by atoms with Crippen molar-refractivity contribution in [3.8, 4) is 0 Å². The Balaban J connectivity index is 2.82. The van der Waals surface area contributed by atoms with Gasteiger partial charge >= 0.3 is 0 Å². The van der Waals surface area contributed by atoms with E-state index in [0.29, 0.717) is 0 Å². The van der Waals surface area contributed by atoms with Crippen molar-refractivity contribution in [1.82, 2.24) is 0 Å². The number of hydrogen-bond donors (Lipinski definition) is 0. The fourth-order valence-corrected chi connectivity index (χ4v) is 1.68. The molecule has 12 heavy (non-hydrogen) atoms. The molecule has 0 heterocycles. The Kier molecular flexibility index (Phi) is 3.38. The molecule has 1 aromatic rings.